The van der Waals surface area contributed by atoms with Gasteiger partial charge in [-0.05, 0) is 36.1 Å². The monoisotopic (exact) mass is 405 g/mol. The number of anilines is 2. The van der Waals surface area contributed by atoms with Gasteiger partial charge in [-0.1, -0.05) is 17.7 Å². The van der Waals surface area contributed by atoms with Gasteiger partial charge in [0.2, 0.25) is 17.7 Å². The summed E-state index contributed by atoms with van der Waals surface area (Å²) in [5.74, 6) is -0.402. The number of carbonyl (C=O) groups is 3. The van der Waals surface area contributed by atoms with E-state index in [0.717, 1.165) is 11.3 Å². The highest BCUT2D eigenvalue weighted by molar-refractivity contribution is 7.10. The molecule has 0 saturated carbocycles. The van der Waals surface area contributed by atoms with E-state index in [1.807, 2.05) is 17.5 Å². The van der Waals surface area contributed by atoms with Gasteiger partial charge in [-0.2, -0.15) is 0 Å². The first-order valence-electron chi connectivity index (χ1n) is 8.64. The molecular weight excluding hydrogens is 386 g/mol. The molecule has 2 aromatic rings. The van der Waals surface area contributed by atoms with E-state index in [0.29, 0.717) is 29.4 Å². The van der Waals surface area contributed by atoms with Crippen molar-refractivity contribution in [1.82, 2.24) is 5.32 Å². The molecule has 3 amide bonds. The molecule has 8 heteroatoms. The normalized spacial score (nSPS) is 14.9. The number of rotatable bonds is 6. The summed E-state index contributed by atoms with van der Waals surface area (Å²) in [6.45, 7) is 2.09. The third-order valence-electron chi connectivity index (χ3n) is 4.26. The van der Waals surface area contributed by atoms with E-state index in [1.54, 1.807) is 23.1 Å². The predicted octanol–water partition coefficient (Wildman–Crippen LogP) is 3.73. The van der Waals surface area contributed by atoms with Crippen molar-refractivity contribution in [2.24, 2.45) is 0 Å². The van der Waals surface area contributed by atoms with Gasteiger partial charge in [0, 0.05) is 30.5 Å². The van der Waals surface area contributed by atoms with Crippen LogP contribution >= 0.6 is 22.9 Å². The van der Waals surface area contributed by atoms with Crippen LogP contribution in [0.4, 0.5) is 11.4 Å². The number of benzene rings is 1. The molecule has 0 radical (unpaired) electrons. The zero-order valence-electron chi connectivity index (χ0n) is 14.8. The van der Waals surface area contributed by atoms with E-state index in [1.165, 1.54) is 18.3 Å². The van der Waals surface area contributed by atoms with Gasteiger partial charge in [0.1, 0.15) is 0 Å². The summed E-state index contributed by atoms with van der Waals surface area (Å²) < 4.78 is 0. The summed E-state index contributed by atoms with van der Waals surface area (Å²) in [4.78, 5) is 38.6. The summed E-state index contributed by atoms with van der Waals surface area (Å²) in [5, 5.41) is 7.89. The second kappa shape index (κ2) is 8.54. The number of nitrogens with one attached hydrogen (secondary N) is 2. The largest absolute Gasteiger partial charge is 0.348 e. The highest BCUT2D eigenvalue weighted by Gasteiger charge is 2.23. The molecule has 0 spiro atoms. The van der Waals surface area contributed by atoms with Crippen LogP contribution in [0.1, 0.15) is 37.1 Å². The van der Waals surface area contributed by atoms with Crippen molar-refractivity contribution >= 4 is 52.0 Å². The van der Waals surface area contributed by atoms with Gasteiger partial charge in [0.15, 0.2) is 0 Å². The van der Waals surface area contributed by atoms with Crippen LogP contribution in [0.25, 0.3) is 0 Å². The molecule has 1 aromatic carbocycles. The van der Waals surface area contributed by atoms with E-state index in [4.69, 9.17) is 11.6 Å². The van der Waals surface area contributed by atoms with Gasteiger partial charge in [-0.3, -0.25) is 14.4 Å². The number of amides is 3. The van der Waals surface area contributed by atoms with Crippen LogP contribution in [0.2, 0.25) is 5.02 Å². The molecule has 1 aliphatic rings. The topological polar surface area (TPSA) is 78.5 Å². The number of hydrogen-bond donors (Lipinski definition) is 2. The fraction of sp³-hybridized carbons (Fsp3) is 0.316. The van der Waals surface area contributed by atoms with Crippen LogP contribution in [0.3, 0.4) is 0 Å². The minimum atomic E-state index is -0.399. The first kappa shape index (κ1) is 19.4. The van der Waals surface area contributed by atoms with Crippen LogP contribution in [-0.2, 0) is 14.4 Å². The molecular formula is C19H20ClN3O3S. The zero-order chi connectivity index (χ0) is 19.4. The Balaban J connectivity index is 1.72. The van der Waals surface area contributed by atoms with Crippen LogP contribution in [0.15, 0.2) is 35.7 Å². The maximum atomic E-state index is 12.6. The lowest BCUT2D eigenvalue weighted by atomic mass is 10.1. The molecule has 0 bridgehead atoms. The second-order valence-electron chi connectivity index (χ2n) is 6.33. The molecule has 0 aliphatic carbocycles. The Hall–Kier alpha value is -2.38. The molecule has 27 heavy (non-hydrogen) atoms. The predicted molar refractivity (Wildman–Crippen MR) is 107 cm³/mol. The highest BCUT2D eigenvalue weighted by Crippen LogP contribution is 2.30. The van der Waals surface area contributed by atoms with Crippen LogP contribution in [-0.4, -0.2) is 24.3 Å². The van der Waals surface area contributed by atoms with Gasteiger partial charge in [0.25, 0.3) is 0 Å². The van der Waals surface area contributed by atoms with E-state index in [9.17, 15) is 14.4 Å². The Kier molecular flexibility index (Phi) is 6.13. The number of hydrogen-bond acceptors (Lipinski definition) is 4. The van der Waals surface area contributed by atoms with Crippen LogP contribution in [0.5, 0.6) is 0 Å². The van der Waals surface area contributed by atoms with Crippen molar-refractivity contribution < 1.29 is 14.4 Å². The maximum Gasteiger partial charge on any atom is 0.227 e. The van der Waals surface area contributed by atoms with Crippen LogP contribution < -0.4 is 15.5 Å². The molecule has 1 aromatic heterocycles. The average Bonchev–Trinajstić information content (AvgIpc) is 3.27. The third-order valence-corrected chi connectivity index (χ3v) is 5.58. The Morgan fingerprint density at radius 3 is 2.78 bits per heavy atom. The summed E-state index contributed by atoms with van der Waals surface area (Å²) in [7, 11) is 0. The molecule has 142 valence electrons. The van der Waals surface area contributed by atoms with Crippen molar-refractivity contribution in [3.8, 4) is 0 Å². The number of nitrogens with zero attached hydrogens (tertiary/aromatic N) is 1. The molecule has 3 rings (SSSR count). The third kappa shape index (κ3) is 4.87. The SMILES string of the molecule is CC(=O)NC(CC(=O)Nc1cc(N2CCCC2=O)ccc1Cl)c1cccs1. The lowest BCUT2D eigenvalue weighted by Crippen LogP contribution is -2.29. The van der Waals surface area contributed by atoms with Crippen molar-refractivity contribution in [3.63, 3.8) is 0 Å². The summed E-state index contributed by atoms with van der Waals surface area (Å²) >= 11 is 7.70. The second-order valence-corrected chi connectivity index (χ2v) is 7.72. The fourth-order valence-corrected chi connectivity index (χ4v) is 3.99. The Morgan fingerprint density at radius 1 is 1.33 bits per heavy atom. The number of thiophene rings is 1. The molecule has 1 unspecified atom stereocenters. The standard InChI is InChI=1S/C19H20ClN3O3S/c1-12(24)21-16(17-4-3-9-27-17)11-18(25)22-15-10-13(6-7-14(15)20)23-8-2-5-19(23)26/h3-4,6-7,9-10,16H,2,5,8,11H2,1H3,(H,21,24)(H,22,25). The lowest BCUT2D eigenvalue weighted by molar-refractivity contribution is -0.120. The molecule has 1 saturated heterocycles. The Morgan fingerprint density at radius 2 is 2.15 bits per heavy atom. The van der Waals surface area contributed by atoms with E-state index in [2.05, 4.69) is 10.6 Å². The Labute approximate surface area is 166 Å². The fourth-order valence-electron chi connectivity index (χ4n) is 3.04. The number of halogens is 1. The van der Waals surface area contributed by atoms with Crippen molar-refractivity contribution in [2.45, 2.75) is 32.2 Å². The quantitative estimate of drug-likeness (QED) is 0.768. The van der Waals surface area contributed by atoms with Gasteiger partial charge < -0.3 is 15.5 Å². The minimum absolute atomic E-state index is 0.0676. The lowest BCUT2D eigenvalue weighted by Gasteiger charge is -2.19. The first-order valence-corrected chi connectivity index (χ1v) is 9.90. The summed E-state index contributed by atoms with van der Waals surface area (Å²) in [6, 6.07) is 8.51. The first-order chi connectivity index (χ1) is 12.9. The molecule has 1 aliphatic heterocycles. The Bertz CT molecular complexity index is 854. The molecule has 2 N–H and O–H groups in total. The number of carbonyl (C=O) groups excluding carboxylic acids is 3. The summed E-state index contributed by atoms with van der Waals surface area (Å²) in [6.07, 6.45) is 1.44. The van der Waals surface area contributed by atoms with Crippen molar-refractivity contribution in [2.75, 3.05) is 16.8 Å². The summed E-state index contributed by atoms with van der Waals surface area (Å²) in [5.41, 5.74) is 1.17. The maximum absolute atomic E-state index is 12.6. The van der Waals surface area contributed by atoms with Crippen LogP contribution in [0, 0.1) is 0 Å². The van der Waals surface area contributed by atoms with E-state index >= 15 is 0 Å². The zero-order valence-corrected chi connectivity index (χ0v) is 16.4. The smallest absolute Gasteiger partial charge is 0.227 e. The van der Waals surface area contributed by atoms with Gasteiger partial charge in [-0.15, -0.1) is 11.3 Å². The molecule has 2 heterocycles. The van der Waals surface area contributed by atoms with Gasteiger partial charge >= 0.3 is 0 Å². The van der Waals surface area contributed by atoms with Crippen molar-refractivity contribution in [3.05, 3.63) is 45.6 Å². The minimum Gasteiger partial charge on any atom is -0.348 e. The highest BCUT2D eigenvalue weighted by atomic mass is 35.5. The van der Waals surface area contributed by atoms with E-state index in [-0.39, 0.29) is 24.1 Å². The van der Waals surface area contributed by atoms with Crippen molar-refractivity contribution in [1.29, 1.82) is 0 Å². The van der Waals surface area contributed by atoms with E-state index < -0.39 is 6.04 Å². The molecule has 6 nitrogen and oxygen atoms in total. The van der Waals surface area contributed by atoms with Gasteiger partial charge in [0.05, 0.1) is 23.2 Å². The molecule has 1 fully saturated rings. The molecule has 1 atom stereocenters. The average molecular weight is 406 g/mol. The van der Waals surface area contributed by atoms with Gasteiger partial charge in [-0.25, -0.2) is 0 Å².